The third-order valence-corrected chi connectivity index (χ3v) is 4.40. The Morgan fingerprint density at radius 2 is 2.15 bits per heavy atom. The quantitative estimate of drug-likeness (QED) is 0.720. The maximum Gasteiger partial charge on any atom is 0.250 e. The average Bonchev–Trinajstić information content (AvgIpc) is 2.68. The molecular weight excluding hydrogens is 333 g/mol. The molecule has 4 heterocycles. The van der Waals surface area contributed by atoms with E-state index in [1.807, 2.05) is 18.3 Å². The Morgan fingerprint density at radius 3 is 2.92 bits per heavy atom. The first-order chi connectivity index (χ1) is 12.7. The molecule has 132 valence electrons. The Hall–Kier alpha value is -2.93. The van der Waals surface area contributed by atoms with E-state index in [2.05, 4.69) is 19.9 Å². The van der Waals surface area contributed by atoms with Crippen LogP contribution >= 0.6 is 0 Å². The summed E-state index contributed by atoms with van der Waals surface area (Å²) in [5, 5.41) is 0. The van der Waals surface area contributed by atoms with Gasteiger partial charge in [0.25, 0.3) is 0 Å². The molecule has 0 N–H and O–H groups in total. The number of rotatable bonds is 4. The molecule has 1 aliphatic rings. The lowest BCUT2D eigenvalue weighted by Gasteiger charge is -2.28. The van der Waals surface area contributed by atoms with Crippen LogP contribution in [0.3, 0.4) is 0 Å². The second-order valence-electron chi connectivity index (χ2n) is 6.20. The summed E-state index contributed by atoms with van der Waals surface area (Å²) in [6, 6.07) is 5.31. The molecule has 0 saturated heterocycles. The lowest BCUT2D eigenvalue weighted by molar-refractivity contribution is 0.242. The number of methoxy groups -OCH3 is 1. The first-order valence-corrected chi connectivity index (χ1v) is 8.39. The minimum absolute atomic E-state index is 0.0223. The van der Waals surface area contributed by atoms with Gasteiger partial charge in [0, 0.05) is 62.0 Å². The minimum atomic E-state index is -0.438. The first kappa shape index (κ1) is 16.5. The molecule has 0 amide bonds. The number of halogens is 1. The van der Waals surface area contributed by atoms with Crippen molar-refractivity contribution in [1.82, 2.24) is 24.8 Å². The molecule has 3 aromatic heterocycles. The van der Waals surface area contributed by atoms with E-state index in [1.54, 1.807) is 18.6 Å². The fourth-order valence-corrected chi connectivity index (χ4v) is 3.10. The van der Waals surface area contributed by atoms with Crippen LogP contribution in [0.4, 0.5) is 4.39 Å². The Morgan fingerprint density at radius 1 is 1.23 bits per heavy atom. The highest BCUT2D eigenvalue weighted by atomic mass is 19.1. The molecule has 0 aromatic carbocycles. The predicted octanol–water partition coefficient (Wildman–Crippen LogP) is 2.64. The smallest absolute Gasteiger partial charge is 0.250 e. The summed E-state index contributed by atoms with van der Waals surface area (Å²) in [6.07, 6.45) is 7.86. The van der Waals surface area contributed by atoms with Gasteiger partial charge in [0.05, 0.1) is 12.8 Å². The van der Waals surface area contributed by atoms with E-state index in [-0.39, 0.29) is 5.88 Å². The molecule has 0 bridgehead atoms. The van der Waals surface area contributed by atoms with Gasteiger partial charge in [0.2, 0.25) is 5.88 Å². The van der Waals surface area contributed by atoms with Gasteiger partial charge in [-0.2, -0.15) is 0 Å². The monoisotopic (exact) mass is 351 g/mol. The highest BCUT2D eigenvalue weighted by Crippen LogP contribution is 2.22. The molecule has 0 radical (unpaired) electrons. The SMILES string of the molecule is COc1ncc(CN2CCc3nc(-c4cccnc4)ncc3C2)cc1F. The first-order valence-electron chi connectivity index (χ1n) is 8.39. The highest BCUT2D eigenvalue weighted by Gasteiger charge is 2.19. The van der Waals surface area contributed by atoms with Crippen LogP contribution in [-0.2, 0) is 19.5 Å². The van der Waals surface area contributed by atoms with Crippen molar-refractivity contribution >= 4 is 0 Å². The fourth-order valence-electron chi connectivity index (χ4n) is 3.10. The number of ether oxygens (including phenoxy) is 1. The molecule has 4 rings (SSSR count). The van der Waals surface area contributed by atoms with Crippen LogP contribution in [0.1, 0.15) is 16.8 Å². The summed E-state index contributed by atoms with van der Waals surface area (Å²) in [6.45, 7) is 2.21. The van der Waals surface area contributed by atoms with Gasteiger partial charge in [0.15, 0.2) is 11.6 Å². The number of nitrogens with zero attached hydrogens (tertiary/aromatic N) is 5. The lowest BCUT2D eigenvalue weighted by atomic mass is 10.1. The summed E-state index contributed by atoms with van der Waals surface area (Å²) in [7, 11) is 1.41. The van der Waals surface area contributed by atoms with Crippen LogP contribution in [0.5, 0.6) is 5.88 Å². The van der Waals surface area contributed by atoms with Crippen LogP contribution < -0.4 is 4.74 Å². The molecule has 0 atom stereocenters. The number of hydrogen-bond donors (Lipinski definition) is 0. The maximum atomic E-state index is 13.8. The summed E-state index contributed by atoms with van der Waals surface area (Å²) in [4.78, 5) is 19.5. The standard InChI is InChI=1S/C19H18FN5O/c1-26-19-16(20)7-13(8-23-19)11-25-6-4-17-15(12-25)10-22-18(24-17)14-3-2-5-21-9-14/h2-3,5,7-10H,4,6,11-12H2,1H3. The molecule has 1 aliphatic heterocycles. The van der Waals surface area contributed by atoms with Crippen molar-refractivity contribution in [3.63, 3.8) is 0 Å². The number of fused-ring (bicyclic) bond motifs is 1. The molecule has 0 fully saturated rings. The third-order valence-electron chi connectivity index (χ3n) is 4.40. The zero-order valence-electron chi connectivity index (χ0n) is 14.4. The van der Waals surface area contributed by atoms with Crippen LogP contribution in [0.15, 0.2) is 43.0 Å². The minimum Gasteiger partial charge on any atom is -0.479 e. The van der Waals surface area contributed by atoms with Crippen LogP contribution in [-0.4, -0.2) is 38.5 Å². The van der Waals surface area contributed by atoms with Gasteiger partial charge in [-0.05, 0) is 23.8 Å². The second kappa shape index (κ2) is 7.13. The van der Waals surface area contributed by atoms with E-state index in [1.165, 1.54) is 13.2 Å². The van der Waals surface area contributed by atoms with Crippen molar-refractivity contribution in [2.45, 2.75) is 19.5 Å². The summed E-state index contributed by atoms with van der Waals surface area (Å²) in [5.41, 5.74) is 3.90. The largest absolute Gasteiger partial charge is 0.479 e. The number of hydrogen-bond acceptors (Lipinski definition) is 6. The van der Waals surface area contributed by atoms with E-state index in [9.17, 15) is 4.39 Å². The Bertz CT molecular complexity index is 919. The summed E-state index contributed by atoms with van der Waals surface area (Å²) in [5.74, 6) is 0.285. The molecule has 0 aliphatic carbocycles. The second-order valence-corrected chi connectivity index (χ2v) is 6.20. The fraction of sp³-hybridized carbons (Fsp3) is 0.263. The molecule has 0 spiro atoms. The zero-order chi connectivity index (χ0) is 17.9. The van der Waals surface area contributed by atoms with Crippen LogP contribution in [0, 0.1) is 5.82 Å². The molecule has 6 nitrogen and oxygen atoms in total. The third kappa shape index (κ3) is 3.39. The van der Waals surface area contributed by atoms with Gasteiger partial charge >= 0.3 is 0 Å². The normalized spacial score (nSPS) is 14.1. The molecule has 0 unspecified atom stereocenters. The summed E-state index contributed by atoms with van der Waals surface area (Å²) < 4.78 is 18.7. The lowest BCUT2D eigenvalue weighted by Crippen LogP contribution is -2.31. The van der Waals surface area contributed by atoms with Crippen LogP contribution in [0.2, 0.25) is 0 Å². The van der Waals surface area contributed by atoms with E-state index < -0.39 is 5.82 Å². The van der Waals surface area contributed by atoms with Crippen molar-refractivity contribution in [3.05, 3.63) is 65.6 Å². The molecule has 26 heavy (non-hydrogen) atoms. The van der Waals surface area contributed by atoms with Gasteiger partial charge in [-0.3, -0.25) is 9.88 Å². The molecular formula is C19H18FN5O. The van der Waals surface area contributed by atoms with E-state index in [4.69, 9.17) is 9.72 Å². The van der Waals surface area contributed by atoms with Crippen molar-refractivity contribution in [3.8, 4) is 17.3 Å². The highest BCUT2D eigenvalue weighted by molar-refractivity contribution is 5.53. The van der Waals surface area contributed by atoms with Gasteiger partial charge in [-0.15, -0.1) is 0 Å². The molecule has 3 aromatic rings. The van der Waals surface area contributed by atoms with Crippen molar-refractivity contribution < 1.29 is 9.13 Å². The Labute approximate surface area is 150 Å². The maximum absolute atomic E-state index is 13.8. The molecule has 0 saturated carbocycles. The van der Waals surface area contributed by atoms with Gasteiger partial charge < -0.3 is 4.74 Å². The van der Waals surface area contributed by atoms with Gasteiger partial charge in [0.1, 0.15) is 0 Å². The number of aromatic nitrogens is 4. The average molecular weight is 351 g/mol. The van der Waals surface area contributed by atoms with Crippen molar-refractivity contribution in [2.75, 3.05) is 13.7 Å². The van der Waals surface area contributed by atoms with E-state index in [0.29, 0.717) is 12.4 Å². The van der Waals surface area contributed by atoms with Gasteiger partial charge in [-0.1, -0.05) is 0 Å². The summed E-state index contributed by atoms with van der Waals surface area (Å²) >= 11 is 0. The zero-order valence-corrected chi connectivity index (χ0v) is 14.4. The van der Waals surface area contributed by atoms with E-state index >= 15 is 0 Å². The molecule has 7 heteroatoms. The predicted molar refractivity (Wildman–Crippen MR) is 93.8 cm³/mol. The Kier molecular flexibility index (Phi) is 4.53. The van der Waals surface area contributed by atoms with E-state index in [0.717, 1.165) is 41.9 Å². The Balaban J connectivity index is 1.49. The van der Waals surface area contributed by atoms with Crippen molar-refractivity contribution in [2.24, 2.45) is 0 Å². The van der Waals surface area contributed by atoms with Crippen LogP contribution in [0.25, 0.3) is 11.4 Å². The van der Waals surface area contributed by atoms with Gasteiger partial charge in [-0.25, -0.2) is 19.3 Å². The number of pyridine rings is 2. The topological polar surface area (TPSA) is 64.0 Å². The van der Waals surface area contributed by atoms with Crippen molar-refractivity contribution in [1.29, 1.82) is 0 Å².